The molecule has 7 heteroatoms. The molecule has 0 radical (unpaired) electrons. The average molecular weight is 379 g/mol. The first-order valence-corrected chi connectivity index (χ1v) is 8.88. The van der Waals surface area contributed by atoms with Crippen LogP contribution in [0.4, 0.5) is 13.2 Å². The summed E-state index contributed by atoms with van der Waals surface area (Å²) in [6, 6.07) is 13.6. The highest BCUT2D eigenvalue weighted by molar-refractivity contribution is 5.94. The summed E-state index contributed by atoms with van der Waals surface area (Å²) < 4.78 is 43.5. The van der Waals surface area contributed by atoms with E-state index in [1.807, 2.05) is 30.3 Å². The minimum atomic E-state index is -4.42. The number of benzene rings is 2. The highest BCUT2D eigenvalue weighted by Gasteiger charge is 2.30. The van der Waals surface area contributed by atoms with Crippen LogP contribution >= 0.6 is 0 Å². The summed E-state index contributed by atoms with van der Waals surface area (Å²) in [5.74, 6) is -0.384. The molecule has 27 heavy (non-hydrogen) atoms. The van der Waals surface area contributed by atoms with Crippen LogP contribution in [0, 0.1) is 0 Å². The molecular formula is C20H22F3N2O2+. The third-order valence-corrected chi connectivity index (χ3v) is 4.67. The standard InChI is InChI=1S/C20H21F3N2O2/c21-20(22,23)17-8-6-16(7-9-17)19(26)24-18(15-4-2-1-3-5-15)14-25-10-12-27-13-11-25/h1-9,18H,10-14H2,(H,24,26)/p+1/t18-/m0/s1. The van der Waals surface area contributed by atoms with Crippen LogP contribution in [0.5, 0.6) is 0 Å². The van der Waals surface area contributed by atoms with Crippen LogP contribution in [-0.2, 0) is 10.9 Å². The third-order valence-electron chi connectivity index (χ3n) is 4.67. The highest BCUT2D eigenvalue weighted by atomic mass is 19.4. The van der Waals surface area contributed by atoms with Gasteiger partial charge in [-0.1, -0.05) is 30.3 Å². The summed E-state index contributed by atoms with van der Waals surface area (Å²) in [6.07, 6.45) is -4.42. The molecule has 0 spiro atoms. The first-order valence-electron chi connectivity index (χ1n) is 8.88. The molecule has 1 saturated heterocycles. The van der Waals surface area contributed by atoms with Gasteiger partial charge in [0.15, 0.2) is 0 Å². The van der Waals surface area contributed by atoms with Gasteiger partial charge in [-0.3, -0.25) is 4.79 Å². The number of rotatable bonds is 5. The predicted octanol–water partition coefficient (Wildman–Crippen LogP) is 2.09. The highest BCUT2D eigenvalue weighted by Crippen LogP contribution is 2.29. The smallest absolute Gasteiger partial charge is 0.370 e. The summed E-state index contributed by atoms with van der Waals surface area (Å²) in [5, 5.41) is 2.97. The van der Waals surface area contributed by atoms with E-state index in [2.05, 4.69) is 5.32 Å². The molecule has 2 aromatic carbocycles. The number of carbonyl (C=O) groups excluding carboxylic acids is 1. The Morgan fingerprint density at radius 1 is 1.04 bits per heavy atom. The number of nitrogens with one attached hydrogen (secondary N) is 2. The van der Waals surface area contributed by atoms with Gasteiger partial charge in [-0.2, -0.15) is 13.2 Å². The molecular weight excluding hydrogens is 357 g/mol. The number of halogens is 3. The van der Waals surface area contributed by atoms with Gasteiger partial charge >= 0.3 is 6.18 Å². The Morgan fingerprint density at radius 3 is 2.26 bits per heavy atom. The van der Waals surface area contributed by atoms with Gasteiger partial charge in [-0.25, -0.2) is 0 Å². The van der Waals surface area contributed by atoms with Crippen LogP contribution in [0.15, 0.2) is 54.6 Å². The van der Waals surface area contributed by atoms with E-state index in [1.165, 1.54) is 17.0 Å². The SMILES string of the molecule is O=C(N[C@@H](C[NH+]1CCOCC1)c1ccccc1)c1ccc(C(F)(F)F)cc1. The molecule has 3 rings (SSSR count). The summed E-state index contributed by atoms with van der Waals surface area (Å²) in [5.41, 5.74) is 0.411. The second-order valence-electron chi connectivity index (χ2n) is 6.58. The fraction of sp³-hybridized carbons (Fsp3) is 0.350. The van der Waals surface area contributed by atoms with E-state index in [0.717, 1.165) is 30.8 Å². The molecule has 1 fully saturated rings. The monoisotopic (exact) mass is 379 g/mol. The topological polar surface area (TPSA) is 42.8 Å². The van der Waals surface area contributed by atoms with E-state index >= 15 is 0 Å². The molecule has 0 aliphatic carbocycles. The quantitative estimate of drug-likeness (QED) is 0.836. The zero-order valence-electron chi connectivity index (χ0n) is 14.8. The molecule has 2 aromatic rings. The summed E-state index contributed by atoms with van der Waals surface area (Å²) in [7, 11) is 0. The molecule has 0 bridgehead atoms. The van der Waals surface area contributed by atoms with Crippen LogP contribution in [-0.4, -0.2) is 38.8 Å². The fourth-order valence-corrected chi connectivity index (χ4v) is 3.14. The van der Waals surface area contributed by atoms with Gasteiger partial charge in [-0.15, -0.1) is 0 Å². The van der Waals surface area contributed by atoms with Crippen molar-refractivity contribution in [3.63, 3.8) is 0 Å². The molecule has 0 aromatic heterocycles. The first kappa shape index (κ1) is 19.4. The largest absolute Gasteiger partial charge is 0.416 e. The van der Waals surface area contributed by atoms with Gasteiger partial charge < -0.3 is 15.0 Å². The van der Waals surface area contributed by atoms with Gasteiger partial charge in [0.2, 0.25) is 0 Å². The van der Waals surface area contributed by atoms with Crippen molar-refractivity contribution in [2.24, 2.45) is 0 Å². The van der Waals surface area contributed by atoms with E-state index in [-0.39, 0.29) is 17.5 Å². The zero-order valence-corrected chi connectivity index (χ0v) is 14.8. The normalized spacial score (nSPS) is 16.7. The maximum absolute atomic E-state index is 12.7. The fourth-order valence-electron chi connectivity index (χ4n) is 3.14. The Bertz CT molecular complexity index is 742. The van der Waals surface area contributed by atoms with Crippen LogP contribution in [0.3, 0.4) is 0 Å². The number of amides is 1. The molecule has 1 atom stereocenters. The van der Waals surface area contributed by atoms with E-state index in [9.17, 15) is 18.0 Å². The molecule has 1 aliphatic rings. The number of hydrogen-bond donors (Lipinski definition) is 2. The summed E-state index contributed by atoms with van der Waals surface area (Å²) >= 11 is 0. The number of hydrogen-bond acceptors (Lipinski definition) is 2. The van der Waals surface area contributed by atoms with Crippen molar-refractivity contribution < 1.29 is 27.6 Å². The van der Waals surface area contributed by atoms with Crippen molar-refractivity contribution in [3.05, 3.63) is 71.3 Å². The Kier molecular flexibility index (Phi) is 6.13. The van der Waals surface area contributed by atoms with E-state index in [0.29, 0.717) is 19.8 Å². The van der Waals surface area contributed by atoms with Crippen LogP contribution < -0.4 is 10.2 Å². The Morgan fingerprint density at radius 2 is 1.67 bits per heavy atom. The average Bonchev–Trinajstić information content (AvgIpc) is 2.68. The number of quaternary nitrogens is 1. The molecule has 1 amide bonds. The van der Waals surface area contributed by atoms with Crippen molar-refractivity contribution in [2.75, 3.05) is 32.8 Å². The lowest BCUT2D eigenvalue weighted by atomic mass is 10.0. The van der Waals surface area contributed by atoms with Crippen molar-refractivity contribution in [1.82, 2.24) is 5.32 Å². The second-order valence-corrected chi connectivity index (χ2v) is 6.58. The molecule has 0 unspecified atom stereocenters. The lowest BCUT2D eigenvalue weighted by Gasteiger charge is -2.28. The van der Waals surface area contributed by atoms with Gasteiger partial charge in [0, 0.05) is 5.56 Å². The predicted molar refractivity (Wildman–Crippen MR) is 94.5 cm³/mol. The molecule has 2 N–H and O–H groups in total. The second kappa shape index (κ2) is 8.54. The van der Waals surface area contributed by atoms with Crippen LogP contribution in [0.2, 0.25) is 0 Å². The lowest BCUT2D eigenvalue weighted by Crippen LogP contribution is -3.14. The summed E-state index contributed by atoms with van der Waals surface area (Å²) in [6.45, 7) is 3.78. The van der Waals surface area contributed by atoms with Gasteiger partial charge in [0.05, 0.1) is 18.8 Å². The maximum atomic E-state index is 12.7. The lowest BCUT2D eigenvalue weighted by molar-refractivity contribution is -0.909. The molecule has 0 saturated carbocycles. The number of alkyl halides is 3. The zero-order chi connectivity index (χ0) is 19.3. The Labute approximate surface area is 155 Å². The minimum Gasteiger partial charge on any atom is -0.370 e. The first-order chi connectivity index (χ1) is 12.9. The number of carbonyl (C=O) groups is 1. The molecule has 144 valence electrons. The number of morpholine rings is 1. The van der Waals surface area contributed by atoms with Crippen molar-refractivity contribution in [3.8, 4) is 0 Å². The van der Waals surface area contributed by atoms with Crippen molar-refractivity contribution in [2.45, 2.75) is 12.2 Å². The minimum absolute atomic E-state index is 0.209. The summed E-state index contributed by atoms with van der Waals surface area (Å²) in [4.78, 5) is 13.9. The molecule has 4 nitrogen and oxygen atoms in total. The maximum Gasteiger partial charge on any atom is 0.416 e. The molecule has 1 aliphatic heterocycles. The Balaban J connectivity index is 1.73. The van der Waals surface area contributed by atoms with E-state index in [4.69, 9.17) is 4.74 Å². The van der Waals surface area contributed by atoms with E-state index < -0.39 is 11.7 Å². The van der Waals surface area contributed by atoms with Crippen molar-refractivity contribution >= 4 is 5.91 Å². The van der Waals surface area contributed by atoms with Gasteiger partial charge in [0.1, 0.15) is 25.7 Å². The van der Waals surface area contributed by atoms with Crippen molar-refractivity contribution in [1.29, 1.82) is 0 Å². The number of ether oxygens (including phenoxy) is 1. The van der Waals surface area contributed by atoms with E-state index in [1.54, 1.807) is 0 Å². The van der Waals surface area contributed by atoms with Crippen LogP contribution in [0.25, 0.3) is 0 Å². The third kappa shape index (κ3) is 5.30. The van der Waals surface area contributed by atoms with Gasteiger partial charge in [0.25, 0.3) is 5.91 Å². The van der Waals surface area contributed by atoms with Crippen LogP contribution in [0.1, 0.15) is 27.5 Å². The Hall–Kier alpha value is -2.38. The van der Waals surface area contributed by atoms with Gasteiger partial charge in [-0.05, 0) is 29.8 Å². The molecule has 1 heterocycles.